The van der Waals surface area contributed by atoms with Gasteiger partial charge in [-0.15, -0.1) is 0 Å². The van der Waals surface area contributed by atoms with E-state index >= 15 is 0 Å². The number of carbonyl (C=O) groups is 1. The van der Waals surface area contributed by atoms with Gasteiger partial charge in [0.25, 0.3) is 0 Å². The molecule has 0 spiro atoms. The fourth-order valence-corrected chi connectivity index (χ4v) is 3.99. The van der Waals surface area contributed by atoms with E-state index in [9.17, 15) is 4.79 Å². The number of piperazine rings is 1. The summed E-state index contributed by atoms with van der Waals surface area (Å²) in [6, 6.07) is 10.8. The quantitative estimate of drug-likeness (QED) is 0.557. The second-order valence-electron chi connectivity index (χ2n) is 8.15. The van der Waals surface area contributed by atoms with Crippen molar-refractivity contribution < 1.29 is 9.53 Å². The number of carbonyl (C=O) groups excluding carboxylic acids is 1. The summed E-state index contributed by atoms with van der Waals surface area (Å²) >= 11 is 0. The predicted molar refractivity (Wildman–Crippen MR) is 110 cm³/mol. The lowest BCUT2D eigenvalue weighted by molar-refractivity contribution is -0.119. The van der Waals surface area contributed by atoms with Crippen LogP contribution in [0.3, 0.4) is 0 Å². The first-order valence-corrected chi connectivity index (χ1v) is 10.9. The number of benzene rings is 1. The molecule has 4 nitrogen and oxygen atoms in total. The number of hydrogen-bond acceptors (Lipinski definition) is 3. The first-order valence-electron chi connectivity index (χ1n) is 10.9. The molecule has 2 aliphatic carbocycles. The molecular formula is C23H36N2O2. The summed E-state index contributed by atoms with van der Waals surface area (Å²) in [7, 11) is 0. The Hall–Kier alpha value is -1.39. The molecule has 4 rings (SSSR count). The summed E-state index contributed by atoms with van der Waals surface area (Å²) in [6.07, 6.45) is 12.2. The van der Waals surface area contributed by atoms with E-state index in [4.69, 9.17) is 4.74 Å². The van der Waals surface area contributed by atoms with E-state index < -0.39 is 0 Å². The van der Waals surface area contributed by atoms with Crippen LogP contribution in [0.25, 0.3) is 0 Å². The van der Waals surface area contributed by atoms with Gasteiger partial charge < -0.3 is 9.64 Å². The Morgan fingerprint density at radius 2 is 1.56 bits per heavy atom. The Labute approximate surface area is 164 Å². The average molecular weight is 373 g/mol. The fourth-order valence-electron chi connectivity index (χ4n) is 3.99. The van der Waals surface area contributed by atoms with Gasteiger partial charge in [-0.25, -0.2) is 0 Å². The molecule has 3 fully saturated rings. The van der Waals surface area contributed by atoms with Gasteiger partial charge in [-0.1, -0.05) is 56.0 Å². The normalized spacial score (nSPS) is 21.9. The molecule has 1 heterocycles. The minimum absolute atomic E-state index is 0.503. The molecule has 1 aromatic carbocycles. The maximum absolute atomic E-state index is 10.6. The highest BCUT2D eigenvalue weighted by atomic mass is 16.5. The lowest BCUT2D eigenvalue weighted by atomic mass is 10.1. The van der Waals surface area contributed by atoms with Crippen molar-refractivity contribution in [3.63, 3.8) is 0 Å². The molecule has 4 heteroatoms. The van der Waals surface area contributed by atoms with Crippen LogP contribution < -0.4 is 0 Å². The molecule has 1 aromatic rings. The monoisotopic (exact) mass is 372 g/mol. The molecule has 150 valence electrons. The van der Waals surface area contributed by atoms with Crippen LogP contribution in [0.1, 0.15) is 62.8 Å². The zero-order chi connectivity index (χ0) is 18.7. The van der Waals surface area contributed by atoms with E-state index in [2.05, 4.69) is 35.2 Å². The molecule has 0 radical (unpaired) electrons. The Balaban J connectivity index is 0.000000193. The molecule has 27 heavy (non-hydrogen) atoms. The minimum atomic E-state index is 0.503. The molecule has 2 saturated carbocycles. The molecule has 3 aliphatic rings. The molecule has 1 aliphatic heterocycles. The van der Waals surface area contributed by atoms with E-state index in [1.54, 1.807) is 0 Å². The lowest BCUT2D eigenvalue weighted by Gasteiger charge is -2.32. The maximum atomic E-state index is 10.6. The van der Waals surface area contributed by atoms with Crippen molar-refractivity contribution in [2.24, 2.45) is 0 Å². The van der Waals surface area contributed by atoms with Crippen LogP contribution >= 0.6 is 0 Å². The largest absolute Gasteiger partial charge is 0.377 e. The van der Waals surface area contributed by atoms with Crippen LogP contribution in [0.4, 0.5) is 0 Å². The van der Waals surface area contributed by atoms with E-state index in [-0.39, 0.29) is 0 Å². The van der Waals surface area contributed by atoms with Gasteiger partial charge in [0.05, 0.1) is 12.7 Å². The van der Waals surface area contributed by atoms with E-state index in [0.717, 1.165) is 51.7 Å². The first-order chi connectivity index (χ1) is 13.3. The lowest BCUT2D eigenvalue weighted by Crippen LogP contribution is -2.46. The van der Waals surface area contributed by atoms with Crippen molar-refractivity contribution in [3.8, 4) is 0 Å². The summed E-state index contributed by atoms with van der Waals surface area (Å²) in [5.41, 5.74) is 1.53. The van der Waals surface area contributed by atoms with E-state index in [1.807, 2.05) is 4.90 Å². The zero-order valence-corrected chi connectivity index (χ0v) is 16.7. The summed E-state index contributed by atoms with van der Waals surface area (Å²) in [5, 5.41) is 0. The smallest absolute Gasteiger partial charge is 0.209 e. The SMILES string of the molecule is O=CN1CCN(CCOC2CCCCCC2)CC1.c1ccc(C2CC2)cc1. The third-order valence-electron chi connectivity index (χ3n) is 5.97. The van der Waals surface area contributed by atoms with Crippen LogP contribution in [-0.2, 0) is 9.53 Å². The first kappa shape index (κ1) is 20.3. The Morgan fingerprint density at radius 3 is 2.15 bits per heavy atom. The van der Waals surface area contributed by atoms with Gasteiger partial charge >= 0.3 is 0 Å². The van der Waals surface area contributed by atoms with Crippen molar-refractivity contribution in [3.05, 3.63) is 35.9 Å². The maximum Gasteiger partial charge on any atom is 0.209 e. The van der Waals surface area contributed by atoms with Crippen LogP contribution in [0, 0.1) is 0 Å². The summed E-state index contributed by atoms with van der Waals surface area (Å²) in [6.45, 7) is 5.59. The van der Waals surface area contributed by atoms with Gasteiger partial charge in [-0.05, 0) is 37.2 Å². The second kappa shape index (κ2) is 11.5. The van der Waals surface area contributed by atoms with E-state index in [0.29, 0.717) is 6.10 Å². The van der Waals surface area contributed by atoms with Crippen LogP contribution in [0.15, 0.2) is 30.3 Å². The molecule has 1 amide bonds. The second-order valence-corrected chi connectivity index (χ2v) is 8.15. The third-order valence-corrected chi connectivity index (χ3v) is 5.97. The summed E-state index contributed by atoms with van der Waals surface area (Å²) < 4.78 is 5.99. The minimum Gasteiger partial charge on any atom is -0.377 e. The molecule has 0 N–H and O–H groups in total. The third kappa shape index (κ3) is 7.63. The van der Waals surface area contributed by atoms with Crippen molar-refractivity contribution in [2.45, 2.75) is 63.4 Å². The van der Waals surface area contributed by atoms with Gasteiger partial charge in [-0.3, -0.25) is 9.69 Å². The number of nitrogens with zero attached hydrogens (tertiary/aromatic N) is 2. The van der Waals surface area contributed by atoms with Gasteiger partial charge in [0, 0.05) is 32.7 Å². The number of rotatable bonds is 6. The Morgan fingerprint density at radius 1 is 0.889 bits per heavy atom. The number of hydrogen-bond donors (Lipinski definition) is 0. The van der Waals surface area contributed by atoms with Crippen LogP contribution in [0.5, 0.6) is 0 Å². The highest BCUT2D eigenvalue weighted by Gasteiger charge is 2.22. The molecule has 0 aromatic heterocycles. The van der Waals surface area contributed by atoms with Gasteiger partial charge in [0.15, 0.2) is 0 Å². The van der Waals surface area contributed by atoms with Crippen molar-refractivity contribution in [1.82, 2.24) is 9.80 Å². The fraction of sp³-hybridized carbons (Fsp3) is 0.696. The molecule has 0 unspecified atom stereocenters. The van der Waals surface area contributed by atoms with Gasteiger partial charge in [0.2, 0.25) is 6.41 Å². The highest BCUT2D eigenvalue weighted by molar-refractivity contribution is 5.47. The topological polar surface area (TPSA) is 32.8 Å². The Bertz CT molecular complexity index is 516. The number of ether oxygens (including phenoxy) is 1. The van der Waals surface area contributed by atoms with E-state index in [1.165, 1.54) is 56.9 Å². The van der Waals surface area contributed by atoms with Gasteiger partial charge in [0.1, 0.15) is 0 Å². The van der Waals surface area contributed by atoms with Crippen LogP contribution in [-0.4, -0.2) is 61.6 Å². The molecule has 0 atom stereocenters. The zero-order valence-electron chi connectivity index (χ0n) is 16.7. The molecule has 0 bridgehead atoms. The Kier molecular flexibility index (Phi) is 8.63. The summed E-state index contributed by atoms with van der Waals surface area (Å²) in [4.78, 5) is 14.9. The van der Waals surface area contributed by atoms with Crippen molar-refractivity contribution >= 4 is 6.41 Å². The number of amides is 1. The summed E-state index contributed by atoms with van der Waals surface area (Å²) in [5.74, 6) is 0.909. The average Bonchev–Trinajstić information content (AvgIpc) is 3.58. The van der Waals surface area contributed by atoms with Crippen molar-refractivity contribution in [2.75, 3.05) is 39.3 Å². The van der Waals surface area contributed by atoms with Crippen molar-refractivity contribution in [1.29, 1.82) is 0 Å². The van der Waals surface area contributed by atoms with Gasteiger partial charge in [-0.2, -0.15) is 0 Å². The standard InChI is InChI=1S/C14H26N2O2.C9H10/c17-13-16-9-7-15(8-10-16)11-12-18-14-5-3-1-2-4-6-14;1-2-4-8(5-3-1)9-6-7-9/h13-14H,1-12H2;1-5,9H,6-7H2. The molecule has 1 saturated heterocycles. The predicted octanol–water partition coefficient (Wildman–Crippen LogP) is 4.06. The van der Waals surface area contributed by atoms with Crippen LogP contribution in [0.2, 0.25) is 0 Å². The highest BCUT2D eigenvalue weighted by Crippen LogP contribution is 2.39. The molecular weight excluding hydrogens is 336 g/mol.